The summed E-state index contributed by atoms with van der Waals surface area (Å²) in [7, 11) is -3.52. The third-order valence-corrected chi connectivity index (χ3v) is 6.28. The number of aryl methyl sites for hydroxylation is 1. The number of aromatic amines is 1. The van der Waals surface area contributed by atoms with Crippen LogP contribution >= 0.6 is 0 Å². The van der Waals surface area contributed by atoms with E-state index in [1.807, 2.05) is 0 Å². The van der Waals surface area contributed by atoms with Gasteiger partial charge in [-0.3, -0.25) is 10.00 Å². The maximum absolute atomic E-state index is 12.8. The first-order valence-electron chi connectivity index (χ1n) is 7.43. The van der Waals surface area contributed by atoms with Gasteiger partial charge < -0.3 is 5.73 Å². The van der Waals surface area contributed by atoms with Gasteiger partial charge in [-0.15, -0.1) is 0 Å². The average Bonchev–Trinajstić information content (AvgIpc) is 3.07. The zero-order chi connectivity index (χ0) is 15.6. The van der Waals surface area contributed by atoms with E-state index in [2.05, 4.69) is 28.9 Å². The molecule has 1 aromatic rings. The summed E-state index contributed by atoms with van der Waals surface area (Å²) in [6.45, 7) is 9.02. The highest BCUT2D eigenvalue weighted by atomic mass is 32.2. The van der Waals surface area contributed by atoms with Crippen LogP contribution < -0.4 is 5.73 Å². The quantitative estimate of drug-likeness (QED) is 0.786. The highest BCUT2D eigenvalue weighted by molar-refractivity contribution is 7.89. The Hall–Kier alpha value is -0.960. The zero-order valence-electron chi connectivity index (χ0n) is 13.0. The van der Waals surface area contributed by atoms with Crippen LogP contribution in [0.2, 0.25) is 0 Å². The molecule has 0 radical (unpaired) electrons. The molecule has 0 bridgehead atoms. The second-order valence-electron chi connectivity index (χ2n) is 5.36. The molecule has 0 amide bonds. The van der Waals surface area contributed by atoms with Crippen LogP contribution in [-0.2, 0) is 16.6 Å². The summed E-state index contributed by atoms with van der Waals surface area (Å²) in [5.41, 5.74) is 6.58. The molecule has 21 heavy (non-hydrogen) atoms. The number of aromatic nitrogens is 2. The fourth-order valence-corrected chi connectivity index (χ4v) is 4.88. The van der Waals surface area contributed by atoms with Gasteiger partial charge in [0.2, 0.25) is 10.0 Å². The van der Waals surface area contributed by atoms with E-state index in [0.717, 1.165) is 19.5 Å². The molecular formula is C13H25N5O2S. The molecule has 0 aromatic carbocycles. The molecule has 2 heterocycles. The maximum Gasteiger partial charge on any atom is 0.246 e. The van der Waals surface area contributed by atoms with E-state index in [1.54, 1.807) is 11.2 Å². The predicted molar refractivity (Wildman–Crippen MR) is 81.3 cm³/mol. The van der Waals surface area contributed by atoms with E-state index in [4.69, 9.17) is 5.73 Å². The van der Waals surface area contributed by atoms with Gasteiger partial charge in [-0.1, -0.05) is 13.8 Å². The maximum atomic E-state index is 12.8. The first kappa shape index (κ1) is 16.4. The lowest BCUT2D eigenvalue weighted by Gasteiger charge is -2.26. The van der Waals surface area contributed by atoms with Crippen LogP contribution in [0.3, 0.4) is 0 Å². The number of rotatable bonds is 6. The number of sulfonamides is 1. The Morgan fingerprint density at radius 1 is 1.43 bits per heavy atom. The zero-order valence-corrected chi connectivity index (χ0v) is 13.8. The molecule has 0 spiro atoms. The van der Waals surface area contributed by atoms with Gasteiger partial charge >= 0.3 is 0 Å². The summed E-state index contributed by atoms with van der Waals surface area (Å²) in [4.78, 5) is 2.56. The van der Waals surface area contributed by atoms with Crippen molar-refractivity contribution >= 4 is 10.0 Å². The van der Waals surface area contributed by atoms with Gasteiger partial charge in [-0.2, -0.15) is 9.40 Å². The van der Waals surface area contributed by atoms with Crippen LogP contribution in [0.15, 0.2) is 4.90 Å². The SMILES string of the molecule is CCN(CC)C1CCN(S(=O)(=O)c2c(CN)n[nH]c2C)C1. The van der Waals surface area contributed by atoms with Crippen molar-refractivity contribution in [2.45, 2.75) is 44.7 Å². The summed E-state index contributed by atoms with van der Waals surface area (Å²) in [6.07, 6.45) is 0.871. The van der Waals surface area contributed by atoms with E-state index >= 15 is 0 Å². The van der Waals surface area contributed by atoms with Gasteiger partial charge in [0.05, 0.1) is 11.4 Å². The second-order valence-corrected chi connectivity index (χ2v) is 7.23. The monoisotopic (exact) mass is 315 g/mol. The fourth-order valence-electron chi connectivity index (χ4n) is 3.05. The van der Waals surface area contributed by atoms with Crippen molar-refractivity contribution in [2.75, 3.05) is 26.2 Å². The van der Waals surface area contributed by atoms with Gasteiger partial charge in [0.1, 0.15) is 4.90 Å². The van der Waals surface area contributed by atoms with Gasteiger partial charge in [-0.25, -0.2) is 8.42 Å². The molecular weight excluding hydrogens is 290 g/mol. The van der Waals surface area contributed by atoms with Crippen molar-refractivity contribution in [1.29, 1.82) is 0 Å². The number of H-pyrrole nitrogens is 1. The molecule has 3 N–H and O–H groups in total. The van der Waals surface area contributed by atoms with Gasteiger partial charge in [0.25, 0.3) is 0 Å². The fraction of sp³-hybridized carbons (Fsp3) is 0.769. The first-order chi connectivity index (χ1) is 9.95. The number of hydrogen-bond donors (Lipinski definition) is 2. The lowest BCUT2D eigenvalue weighted by Crippen LogP contribution is -2.38. The largest absolute Gasteiger partial charge is 0.325 e. The Morgan fingerprint density at radius 3 is 2.67 bits per heavy atom. The molecule has 1 aliphatic heterocycles. The number of nitrogens with one attached hydrogen (secondary N) is 1. The Balaban J connectivity index is 2.24. The summed E-state index contributed by atoms with van der Waals surface area (Å²) in [6, 6.07) is 0.295. The van der Waals surface area contributed by atoms with E-state index in [9.17, 15) is 8.42 Å². The van der Waals surface area contributed by atoms with Crippen LogP contribution in [0.1, 0.15) is 31.7 Å². The number of nitrogens with zero attached hydrogens (tertiary/aromatic N) is 3. The van der Waals surface area contributed by atoms with Crippen LogP contribution in [-0.4, -0.2) is 60.0 Å². The Kier molecular flexibility index (Phi) is 5.03. The predicted octanol–water partition coefficient (Wildman–Crippen LogP) is 0.282. The molecule has 7 nitrogen and oxygen atoms in total. The van der Waals surface area contributed by atoms with Gasteiger partial charge in [0, 0.05) is 25.7 Å². The highest BCUT2D eigenvalue weighted by Crippen LogP contribution is 2.26. The number of likely N-dealkylation sites (N-methyl/N-ethyl adjacent to an activating group) is 1. The normalized spacial score (nSPS) is 20.5. The van der Waals surface area contributed by atoms with Crippen molar-refractivity contribution in [3.8, 4) is 0 Å². The molecule has 1 unspecified atom stereocenters. The van der Waals surface area contributed by atoms with E-state index in [-0.39, 0.29) is 11.4 Å². The van der Waals surface area contributed by atoms with Crippen molar-refractivity contribution in [3.63, 3.8) is 0 Å². The Bertz CT molecular complexity index is 579. The highest BCUT2D eigenvalue weighted by Gasteiger charge is 2.37. The third kappa shape index (κ3) is 2.98. The van der Waals surface area contributed by atoms with E-state index in [1.165, 1.54) is 0 Å². The molecule has 8 heteroatoms. The molecule has 1 saturated heterocycles. The first-order valence-corrected chi connectivity index (χ1v) is 8.87. The van der Waals surface area contributed by atoms with Crippen molar-refractivity contribution < 1.29 is 8.42 Å². The Labute approximate surface area is 126 Å². The van der Waals surface area contributed by atoms with Crippen LogP contribution in [0, 0.1) is 6.92 Å². The average molecular weight is 315 g/mol. The van der Waals surface area contributed by atoms with Crippen molar-refractivity contribution in [3.05, 3.63) is 11.4 Å². The van der Waals surface area contributed by atoms with Gasteiger partial charge in [0.15, 0.2) is 0 Å². The second kappa shape index (κ2) is 6.43. The minimum absolute atomic E-state index is 0.117. The summed E-state index contributed by atoms with van der Waals surface area (Å²) < 4.78 is 27.2. The van der Waals surface area contributed by atoms with E-state index in [0.29, 0.717) is 30.5 Å². The molecule has 1 aromatic heterocycles. The lowest BCUT2D eigenvalue weighted by molar-refractivity contribution is 0.224. The van der Waals surface area contributed by atoms with Crippen LogP contribution in [0.4, 0.5) is 0 Å². The minimum Gasteiger partial charge on any atom is -0.325 e. The third-order valence-electron chi connectivity index (χ3n) is 4.21. The molecule has 0 aliphatic carbocycles. The summed E-state index contributed by atoms with van der Waals surface area (Å²) in [5.74, 6) is 0. The summed E-state index contributed by atoms with van der Waals surface area (Å²) in [5, 5.41) is 6.72. The van der Waals surface area contributed by atoms with E-state index < -0.39 is 10.0 Å². The molecule has 1 fully saturated rings. The molecule has 2 rings (SSSR count). The van der Waals surface area contributed by atoms with Crippen LogP contribution in [0.25, 0.3) is 0 Å². The van der Waals surface area contributed by atoms with Crippen molar-refractivity contribution in [1.82, 2.24) is 19.4 Å². The lowest BCUT2D eigenvalue weighted by atomic mass is 10.2. The number of hydrogen-bond acceptors (Lipinski definition) is 5. The van der Waals surface area contributed by atoms with Crippen molar-refractivity contribution in [2.24, 2.45) is 5.73 Å². The summed E-state index contributed by atoms with van der Waals surface area (Å²) >= 11 is 0. The number of nitrogens with two attached hydrogens (primary N) is 1. The topological polar surface area (TPSA) is 95.3 Å². The van der Waals surface area contributed by atoms with Gasteiger partial charge in [-0.05, 0) is 26.4 Å². The molecule has 0 saturated carbocycles. The minimum atomic E-state index is -3.52. The molecule has 1 aliphatic rings. The Morgan fingerprint density at radius 2 is 2.10 bits per heavy atom. The smallest absolute Gasteiger partial charge is 0.246 e. The van der Waals surface area contributed by atoms with Crippen LogP contribution in [0.5, 0.6) is 0 Å². The molecule has 120 valence electrons. The molecule has 1 atom stereocenters. The standard InChI is InChI=1S/C13H25N5O2S/c1-4-17(5-2)11-6-7-18(9-11)21(19,20)13-10(3)15-16-12(13)8-14/h11H,4-9,14H2,1-3H3,(H,15,16).